The summed E-state index contributed by atoms with van der Waals surface area (Å²) in [7, 11) is 0. The predicted octanol–water partition coefficient (Wildman–Crippen LogP) is 23.5. The number of hydrogen-bond acceptors (Lipinski definition) is 6. The van der Waals surface area contributed by atoms with E-state index < -0.39 is 6.10 Å². The molecule has 1 atom stereocenters. The van der Waals surface area contributed by atoms with Gasteiger partial charge in [0.05, 0.1) is 0 Å². The van der Waals surface area contributed by atoms with E-state index in [4.69, 9.17) is 14.2 Å². The van der Waals surface area contributed by atoms with Gasteiger partial charge in [0, 0.05) is 19.3 Å². The summed E-state index contributed by atoms with van der Waals surface area (Å²) in [6.07, 6.45) is 85.4. The summed E-state index contributed by atoms with van der Waals surface area (Å²) in [5, 5.41) is 0. The minimum atomic E-state index is -0.781. The van der Waals surface area contributed by atoms with Crippen molar-refractivity contribution in [2.24, 2.45) is 0 Å². The Morgan fingerprint density at radius 1 is 0.256 bits per heavy atom. The summed E-state index contributed by atoms with van der Waals surface area (Å²) in [5.74, 6) is -0.876. The highest BCUT2D eigenvalue weighted by Crippen LogP contribution is 2.17. The number of allylic oxidation sites excluding steroid dienone is 10. The van der Waals surface area contributed by atoms with E-state index in [1.54, 1.807) is 0 Å². The van der Waals surface area contributed by atoms with Crippen molar-refractivity contribution in [2.75, 3.05) is 13.2 Å². The van der Waals surface area contributed by atoms with Crippen molar-refractivity contribution in [1.82, 2.24) is 0 Å². The number of carbonyl (C=O) groups is 3. The summed E-state index contributed by atoms with van der Waals surface area (Å²) in [6, 6.07) is 0. The van der Waals surface area contributed by atoms with Gasteiger partial charge in [-0.05, 0) is 103 Å². The SMILES string of the molecule is CCCC/C=C\CCCCCCCC(=O)OCC(COC(=O)CCCCCCCCCCCCCCCCCCCCC/C=C\C/C=C\CCCCCCC)OC(=O)CCCCCCCCC/C=C\C/C=C\CCCCCC. The predicted molar refractivity (Wildman–Crippen MR) is 339 cm³/mol. The maximum absolute atomic E-state index is 12.9. The minimum Gasteiger partial charge on any atom is -0.462 e. The Kier molecular flexibility index (Phi) is 64.2. The zero-order chi connectivity index (χ0) is 56.4. The molecule has 454 valence electrons. The van der Waals surface area contributed by atoms with Gasteiger partial charge in [-0.15, -0.1) is 0 Å². The molecule has 6 heteroatoms. The second-order valence-electron chi connectivity index (χ2n) is 23.1. The summed E-state index contributed by atoms with van der Waals surface area (Å²) >= 11 is 0. The molecule has 0 N–H and O–H groups in total. The first-order valence-electron chi connectivity index (χ1n) is 34.3. The zero-order valence-corrected chi connectivity index (χ0v) is 52.2. The molecule has 0 aliphatic rings. The fourth-order valence-electron chi connectivity index (χ4n) is 10.0. The topological polar surface area (TPSA) is 78.9 Å². The molecule has 0 bridgehead atoms. The van der Waals surface area contributed by atoms with Gasteiger partial charge in [-0.2, -0.15) is 0 Å². The van der Waals surface area contributed by atoms with E-state index in [9.17, 15) is 14.4 Å². The van der Waals surface area contributed by atoms with E-state index in [2.05, 4.69) is 81.5 Å². The molecule has 1 unspecified atom stereocenters. The second-order valence-corrected chi connectivity index (χ2v) is 23.1. The molecule has 0 aliphatic carbocycles. The number of esters is 3. The van der Waals surface area contributed by atoms with E-state index in [1.165, 1.54) is 238 Å². The molecular formula is C72H130O6. The van der Waals surface area contributed by atoms with Crippen molar-refractivity contribution in [1.29, 1.82) is 0 Å². The van der Waals surface area contributed by atoms with Gasteiger partial charge in [-0.1, -0.05) is 300 Å². The van der Waals surface area contributed by atoms with Crippen LogP contribution in [0.25, 0.3) is 0 Å². The summed E-state index contributed by atoms with van der Waals surface area (Å²) in [5.41, 5.74) is 0. The van der Waals surface area contributed by atoms with Gasteiger partial charge < -0.3 is 14.2 Å². The van der Waals surface area contributed by atoms with Crippen molar-refractivity contribution >= 4 is 17.9 Å². The maximum Gasteiger partial charge on any atom is 0.306 e. The van der Waals surface area contributed by atoms with Gasteiger partial charge in [0.15, 0.2) is 6.10 Å². The highest BCUT2D eigenvalue weighted by Gasteiger charge is 2.19. The van der Waals surface area contributed by atoms with Crippen LogP contribution in [0.1, 0.15) is 361 Å². The number of hydrogen-bond donors (Lipinski definition) is 0. The Labute approximate surface area is 485 Å². The summed E-state index contributed by atoms with van der Waals surface area (Å²) in [6.45, 7) is 6.61. The average Bonchev–Trinajstić information content (AvgIpc) is 3.44. The molecule has 0 amide bonds. The fourth-order valence-corrected chi connectivity index (χ4v) is 10.0. The quantitative estimate of drug-likeness (QED) is 0.0261. The summed E-state index contributed by atoms with van der Waals surface area (Å²) < 4.78 is 16.9. The fraction of sp³-hybridized carbons (Fsp3) is 0.819. The first-order valence-corrected chi connectivity index (χ1v) is 34.3. The molecule has 0 radical (unpaired) electrons. The van der Waals surface area contributed by atoms with Gasteiger partial charge in [0.1, 0.15) is 13.2 Å². The first-order chi connectivity index (χ1) is 38.5. The summed E-state index contributed by atoms with van der Waals surface area (Å²) in [4.78, 5) is 38.3. The first kappa shape index (κ1) is 75.1. The Bertz CT molecular complexity index is 1390. The van der Waals surface area contributed by atoms with Crippen molar-refractivity contribution in [3.63, 3.8) is 0 Å². The van der Waals surface area contributed by atoms with Gasteiger partial charge in [-0.25, -0.2) is 0 Å². The molecule has 0 fully saturated rings. The van der Waals surface area contributed by atoms with Crippen molar-refractivity contribution < 1.29 is 28.6 Å². The smallest absolute Gasteiger partial charge is 0.306 e. The van der Waals surface area contributed by atoms with Crippen LogP contribution in [0.3, 0.4) is 0 Å². The van der Waals surface area contributed by atoms with Crippen molar-refractivity contribution in [2.45, 2.75) is 367 Å². The number of carbonyl (C=O) groups excluding carboxylic acids is 3. The van der Waals surface area contributed by atoms with Gasteiger partial charge in [0.2, 0.25) is 0 Å². The average molecular weight is 1090 g/mol. The van der Waals surface area contributed by atoms with Crippen LogP contribution < -0.4 is 0 Å². The Hall–Kier alpha value is -2.89. The van der Waals surface area contributed by atoms with Crippen molar-refractivity contribution in [3.05, 3.63) is 60.8 Å². The Morgan fingerprint density at radius 3 is 0.769 bits per heavy atom. The third kappa shape index (κ3) is 63.9. The van der Waals surface area contributed by atoms with Crippen LogP contribution in [-0.4, -0.2) is 37.2 Å². The third-order valence-electron chi connectivity index (χ3n) is 15.2. The lowest BCUT2D eigenvalue weighted by Crippen LogP contribution is -2.30. The minimum absolute atomic E-state index is 0.0768. The van der Waals surface area contributed by atoms with Crippen LogP contribution in [0.4, 0.5) is 0 Å². The number of ether oxygens (including phenoxy) is 3. The lowest BCUT2D eigenvalue weighted by atomic mass is 10.0. The van der Waals surface area contributed by atoms with E-state index in [1.807, 2.05) is 0 Å². The lowest BCUT2D eigenvalue weighted by molar-refractivity contribution is -0.167. The molecule has 0 saturated carbocycles. The van der Waals surface area contributed by atoms with E-state index in [-0.39, 0.29) is 31.1 Å². The third-order valence-corrected chi connectivity index (χ3v) is 15.2. The Balaban J connectivity index is 4.14. The molecule has 78 heavy (non-hydrogen) atoms. The molecule has 0 aromatic rings. The number of unbranched alkanes of at least 4 members (excludes halogenated alkanes) is 42. The molecule has 0 aliphatic heterocycles. The van der Waals surface area contributed by atoms with Crippen LogP contribution in [0.15, 0.2) is 60.8 Å². The largest absolute Gasteiger partial charge is 0.462 e. The van der Waals surface area contributed by atoms with Crippen LogP contribution in [0.2, 0.25) is 0 Å². The van der Waals surface area contributed by atoms with Crippen LogP contribution >= 0.6 is 0 Å². The van der Waals surface area contributed by atoms with Gasteiger partial charge in [0.25, 0.3) is 0 Å². The normalized spacial score (nSPS) is 12.4. The highest BCUT2D eigenvalue weighted by atomic mass is 16.6. The van der Waals surface area contributed by atoms with E-state index >= 15 is 0 Å². The van der Waals surface area contributed by atoms with Crippen LogP contribution in [-0.2, 0) is 28.6 Å². The Morgan fingerprint density at radius 2 is 0.474 bits per heavy atom. The zero-order valence-electron chi connectivity index (χ0n) is 52.2. The monoisotopic (exact) mass is 1090 g/mol. The molecule has 0 heterocycles. The molecule has 0 aromatic heterocycles. The van der Waals surface area contributed by atoms with Gasteiger partial charge in [-0.3, -0.25) is 14.4 Å². The number of rotatable bonds is 63. The van der Waals surface area contributed by atoms with Crippen molar-refractivity contribution in [3.8, 4) is 0 Å². The molecule has 0 rings (SSSR count). The van der Waals surface area contributed by atoms with Crippen LogP contribution in [0.5, 0.6) is 0 Å². The molecule has 0 saturated heterocycles. The molecule has 6 nitrogen and oxygen atoms in total. The maximum atomic E-state index is 12.9. The van der Waals surface area contributed by atoms with Crippen LogP contribution in [0, 0.1) is 0 Å². The molecular weight excluding hydrogens is 961 g/mol. The van der Waals surface area contributed by atoms with E-state index in [0.29, 0.717) is 19.3 Å². The van der Waals surface area contributed by atoms with E-state index in [0.717, 1.165) is 83.5 Å². The lowest BCUT2D eigenvalue weighted by Gasteiger charge is -2.18. The standard InChI is InChI=1S/C72H130O6/c1-4-7-10-13-16-19-22-24-26-28-30-31-32-33-34-35-36-37-38-39-40-41-42-44-45-47-50-53-56-59-62-65-71(74)77-68-69(67-76-70(73)64-61-58-55-52-49-21-18-15-12-9-6-3)78-72(75)66-63-60-57-54-51-48-46-43-29-27-25-23-20-17-14-11-8-5-2/h15,18,20,22-24,27-30,69H,4-14,16-17,19,21,25-26,31-68H2,1-3H3/b18-15-,23-20-,24-22-,29-27-,30-28-. The molecule has 0 spiro atoms. The second kappa shape index (κ2) is 66.6. The highest BCUT2D eigenvalue weighted by molar-refractivity contribution is 5.71. The molecule has 0 aromatic carbocycles. The van der Waals surface area contributed by atoms with Gasteiger partial charge >= 0.3 is 17.9 Å².